The van der Waals surface area contributed by atoms with Gasteiger partial charge >= 0.3 is 6.01 Å². The molecule has 4 saturated heterocycles. The predicted octanol–water partition coefficient (Wildman–Crippen LogP) is 5.64. The molecule has 2 N–H and O–H groups in total. The molecule has 2 atom stereocenters. The first-order valence-corrected chi connectivity index (χ1v) is 17.3. The van der Waals surface area contributed by atoms with Crippen LogP contribution in [0.2, 0.25) is 0 Å². The second-order valence-electron chi connectivity index (χ2n) is 14.9. The number of benzene rings is 2. The number of hydrogen-bond donors (Lipinski definition) is 2. The Morgan fingerprint density at radius 2 is 1.88 bits per heavy atom. The molecule has 1 aliphatic carbocycles. The Morgan fingerprint density at radius 1 is 1.08 bits per heavy atom. The largest absolute Gasteiger partial charge is 0.508 e. The third-order valence-corrected chi connectivity index (χ3v) is 11.1. The Labute approximate surface area is 289 Å². The van der Waals surface area contributed by atoms with Gasteiger partial charge in [0.25, 0.3) is 0 Å². The zero-order chi connectivity index (χ0) is 34.4. The Bertz CT molecular complexity index is 2140. The Balaban J connectivity index is 1.17. The average molecular weight is 677 g/mol. The molecule has 0 radical (unpaired) electrons. The number of nitrogens with zero attached hydrogens (tertiary/aromatic N) is 5. The summed E-state index contributed by atoms with van der Waals surface area (Å²) in [4.78, 5) is 18.7. The molecule has 2 unspecified atom stereocenters. The summed E-state index contributed by atoms with van der Waals surface area (Å²) < 4.78 is 44.7. The number of anilines is 1. The third-order valence-electron chi connectivity index (χ3n) is 11.1. The fraction of sp³-hybridized carbons (Fsp3) is 0.410. The van der Waals surface area contributed by atoms with E-state index < -0.39 is 11.6 Å². The monoisotopic (exact) mass is 676 g/mol. The van der Waals surface area contributed by atoms with Crippen molar-refractivity contribution in [2.24, 2.45) is 0 Å². The van der Waals surface area contributed by atoms with Gasteiger partial charge in [0.1, 0.15) is 35.2 Å². The minimum atomic E-state index is -0.747. The van der Waals surface area contributed by atoms with Gasteiger partial charge in [-0.2, -0.15) is 9.97 Å². The number of nitrogens with one attached hydrogen (secondary N) is 1. The minimum absolute atomic E-state index is 0.0142. The molecule has 0 amide bonds. The van der Waals surface area contributed by atoms with E-state index in [2.05, 4.69) is 44.2 Å². The summed E-state index contributed by atoms with van der Waals surface area (Å²) in [6, 6.07) is 5.82. The van der Waals surface area contributed by atoms with Crippen LogP contribution in [0.5, 0.6) is 11.8 Å². The van der Waals surface area contributed by atoms with Crippen LogP contribution in [0, 0.1) is 24.0 Å². The number of pyridine rings is 1. The van der Waals surface area contributed by atoms with Crippen LogP contribution in [-0.2, 0) is 4.74 Å². The SMILES string of the molecule is C#Cc1c(F)ccc2cc(O)cc(-c3ncc4c(N5CC6CCC(COC7CC7)(C5)N6)nc(OCC56CC(=C)CN5CC(=C)C6)nc4c3F)c12. The highest BCUT2D eigenvalue weighted by molar-refractivity contribution is 6.03. The molecule has 9 rings (SSSR count). The van der Waals surface area contributed by atoms with Gasteiger partial charge in [0, 0.05) is 49.4 Å². The van der Waals surface area contributed by atoms with E-state index in [9.17, 15) is 9.50 Å². The number of aromatic nitrogens is 3. The van der Waals surface area contributed by atoms with Gasteiger partial charge in [-0.3, -0.25) is 9.88 Å². The Kier molecular flexibility index (Phi) is 7.18. The van der Waals surface area contributed by atoms with Crippen LogP contribution in [0.4, 0.5) is 14.6 Å². The van der Waals surface area contributed by atoms with Crippen LogP contribution in [0.15, 0.2) is 54.8 Å². The fourth-order valence-corrected chi connectivity index (χ4v) is 8.74. The molecule has 4 aliphatic heterocycles. The summed E-state index contributed by atoms with van der Waals surface area (Å²) >= 11 is 0. The van der Waals surface area contributed by atoms with Gasteiger partial charge < -0.3 is 24.8 Å². The predicted molar refractivity (Wildman–Crippen MR) is 187 cm³/mol. The zero-order valence-electron chi connectivity index (χ0n) is 27.8. The van der Waals surface area contributed by atoms with Crippen LogP contribution >= 0.6 is 0 Å². The van der Waals surface area contributed by atoms with E-state index in [1.165, 1.54) is 24.3 Å². The Morgan fingerprint density at radius 3 is 2.64 bits per heavy atom. The van der Waals surface area contributed by atoms with E-state index in [0.717, 1.165) is 62.8 Å². The van der Waals surface area contributed by atoms with E-state index in [1.54, 1.807) is 6.20 Å². The van der Waals surface area contributed by atoms with Crippen LogP contribution in [0.1, 0.15) is 44.1 Å². The van der Waals surface area contributed by atoms with Crippen LogP contribution in [-0.4, -0.2) is 87.6 Å². The number of rotatable bonds is 8. The highest BCUT2D eigenvalue weighted by Crippen LogP contribution is 2.44. The number of halogens is 2. The van der Waals surface area contributed by atoms with Crippen LogP contribution < -0.4 is 15.0 Å². The minimum Gasteiger partial charge on any atom is -0.508 e. The smallest absolute Gasteiger partial charge is 0.319 e. The summed E-state index contributed by atoms with van der Waals surface area (Å²) in [5.41, 5.74) is 1.74. The first-order chi connectivity index (χ1) is 24.1. The summed E-state index contributed by atoms with van der Waals surface area (Å²) in [5.74, 6) is 1.43. The summed E-state index contributed by atoms with van der Waals surface area (Å²) in [5, 5.41) is 15.6. The summed E-state index contributed by atoms with van der Waals surface area (Å²) in [6.45, 7) is 12.2. The quantitative estimate of drug-likeness (QED) is 0.182. The van der Waals surface area contributed by atoms with Gasteiger partial charge in [-0.25, -0.2) is 8.78 Å². The number of phenols is 1. The van der Waals surface area contributed by atoms with Crippen molar-refractivity contribution in [3.8, 4) is 35.4 Å². The molecule has 4 aromatic rings. The molecular weight excluding hydrogens is 638 g/mol. The maximum Gasteiger partial charge on any atom is 0.319 e. The molecule has 1 saturated carbocycles. The van der Waals surface area contributed by atoms with Crippen molar-refractivity contribution in [1.29, 1.82) is 0 Å². The number of terminal acetylenes is 1. The molecule has 5 fully saturated rings. The van der Waals surface area contributed by atoms with Gasteiger partial charge in [0.2, 0.25) is 0 Å². The molecular formula is C39H38F2N6O3. The van der Waals surface area contributed by atoms with Crippen molar-refractivity contribution in [3.63, 3.8) is 0 Å². The van der Waals surface area contributed by atoms with Crippen molar-refractivity contribution in [1.82, 2.24) is 25.2 Å². The van der Waals surface area contributed by atoms with Gasteiger partial charge in [-0.05, 0) is 62.1 Å². The van der Waals surface area contributed by atoms with Crippen molar-refractivity contribution >= 4 is 27.5 Å². The van der Waals surface area contributed by atoms with Gasteiger partial charge in [0.05, 0.1) is 34.7 Å². The fourth-order valence-electron chi connectivity index (χ4n) is 8.74. The first-order valence-electron chi connectivity index (χ1n) is 17.3. The van der Waals surface area contributed by atoms with Crippen LogP contribution in [0.25, 0.3) is 32.9 Å². The summed E-state index contributed by atoms with van der Waals surface area (Å²) in [6.07, 6.45) is 13.3. The van der Waals surface area contributed by atoms with E-state index in [0.29, 0.717) is 49.0 Å². The highest BCUT2D eigenvalue weighted by atomic mass is 19.1. The maximum atomic E-state index is 17.1. The lowest BCUT2D eigenvalue weighted by molar-refractivity contribution is 0.0606. The van der Waals surface area contributed by atoms with Crippen molar-refractivity contribution in [2.75, 3.05) is 44.3 Å². The highest BCUT2D eigenvalue weighted by Gasteiger charge is 2.49. The zero-order valence-corrected chi connectivity index (χ0v) is 27.8. The lowest BCUT2D eigenvalue weighted by atomic mass is 9.92. The van der Waals surface area contributed by atoms with Gasteiger partial charge in [-0.15, -0.1) is 6.42 Å². The van der Waals surface area contributed by atoms with Gasteiger partial charge in [-0.1, -0.05) is 36.3 Å². The van der Waals surface area contributed by atoms with E-state index >= 15 is 4.39 Å². The first kappa shape index (κ1) is 31.4. The van der Waals surface area contributed by atoms with Crippen molar-refractivity contribution < 1.29 is 23.4 Å². The van der Waals surface area contributed by atoms with Crippen molar-refractivity contribution in [3.05, 3.63) is 72.0 Å². The van der Waals surface area contributed by atoms with Crippen LogP contribution in [0.3, 0.4) is 0 Å². The maximum absolute atomic E-state index is 17.1. The Hall–Kier alpha value is -4.63. The summed E-state index contributed by atoms with van der Waals surface area (Å²) in [7, 11) is 0. The molecule has 2 aromatic heterocycles. The number of aromatic hydroxyl groups is 1. The normalized spacial score (nSPS) is 24.3. The second kappa shape index (κ2) is 11.5. The number of ether oxygens (including phenoxy) is 2. The number of phenolic OH excluding ortho intramolecular Hbond substituents is 1. The second-order valence-corrected chi connectivity index (χ2v) is 14.9. The standard InChI is InChI=1S/C39H38F2N6O3/c1-4-28-31(40)8-5-24-11-26(48)12-29(32(24)28)34-33(41)35-30(15-42-34)36(46-18-25-9-10-38(19-46,45-25)20-49-27-6-7-27)44-37(43-35)50-21-39-13-22(2)16-47(39)17-23(3)14-39/h1,5,8,11-12,15,25,27,45,48H,2-3,6-7,9-10,13-14,16-21H2. The number of hydrogen-bond acceptors (Lipinski definition) is 9. The molecule has 2 bridgehead atoms. The molecule has 11 heteroatoms. The lowest BCUT2D eigenvalue weighted by Gasteiger charge is -2.42. The number of piperazine rings is 1. The molecule has 6 heterocycles. The van der Waals surface area contributed by atoms with E-state index in [1.807, 2.05) is 0 Å². The lowest BCUT2D eigenvalue weighted by Crippen LogP contribution is -2.62. The van der Waals surface area contributed by atoms with Crippen molar-refractivity contribution in [2.45, 2.75) is 61.7 Å². The molecule has 2 aromatic carbocycles. The topological polar surface area (TPSA) is 95.9 Å². The molecule has 256 valence electrons. The van der Waals surface area contributed by atoms with E-state index in [4.69, 9.17) is 20.9 Å². The third kappa shape index (κ3) is 5.20. The van der Waals surface area contributed by atoms with Gasteiger partial charge in [0.15, 0.2) is 5.82 Å². The molecule has 5 aliphatic rings. The molecule has 9 nitrogen and oxygen atoms in total. The molecule has 50 heavy (non-hydrogen) atoms. The van der Waals surface area contributed by atoms with E-state index in [-0.39, 0.29) is 56.6 Å². The number of fused-ring (bicyclic) bond motifs is 5. The average Bonchev–Trinajstić information content (AvgIpc) is 3.73. The molecule has 0 spiro atoms.